The second-order valence-corrected chi connectivity index (χ2v) is 5.49. The van der Waals surface area contributed by atoms with Crippen molar-refractivity contribution in [2.45, 2.75) is 17.4 Å². The molecule has 110 valence electrons. The third kappa shape index (κ3) is 4.60. The lowest BCUT2D eigenvalue weighted by Gasteiger charge is -2.11. The van der Waals surface area contributed by atoms with Gasteiger partial charge in [0.15, 0.2) is 0 Å². The van der Waals surface area contributed by atoms with Crippen LogP contribution in [0.3, 0.4) is 0 Å². The van der Waals surface area contributed by atoms with Gasteiger partial charge in [0.1, 0.15) is 11.1 Å². The van der Waals surface area contributed by atoms with E-state index in [4.69, 9.17) is 11.5 Å². The normalized spacial score (nSPS) is 12.0. The standard InChI is InChI=1S/C13H15N5O2S/c14-12-16-10(17-13(15)18-12)7-21-9(11(19)20)6-8-4-2-1-3-5-8/h1-5,9H,6-7H2,(H,19,20)(H4,14,15,16,17,18). The molecule has 0 amide bonds. The van der Waals surface area contributed by atoms with E-state index in [-0.39, 0.29) is 11.9 Å². The van der Waals surface area contributed by atoms with Gasteiger partial charge in [0.2, 0.25) is 11.9 Å². The summed E-state index contributed by atoms with van der Waals surface area (Å²) in [5, 5.41) is 8.71. The molecule has 0 bridgehead atoms. The Hall–Kier alpha value is -2.35. The Labute approximate surface area is 125 Å². The smallest absolute Gasteiger partial charge is 0.316 e. The number of carbonyl (C=O) groups is 1. The maximum atomic E-state index is 11.3. The Morgan fingerprint density at radius 3 is 2.33 bits per heavy atom. The molecule has 1 unspecified atom stereocenters. The zero-order valence-electron chi connectivity index (χ0n) is 11.1. The molecule has 1 aromatic heterocycles. The first kappa shape index (κ1) is 15.0. The average Bonchev–Trinajstić information content (AvgIpc) is 2.43. The van der Waals surface area contributed by atoms with Crippen molar-refractivity contribution in [2.24, 2.45) is 0 Å². The Morgan fingerprint density at radius 1 is 1.14 bits per heavy atom. The van der Waals surface area contributed by atoms with Gasteiger partial charge in [-0.05, 0) is 12.0 Å². The fraction of sp³-hybridized carbons (Fsp3) is 0.231. The van der Waals surface area contributed by atoms with Gasteiger partial charge in [0, 0.05) is 0 Å². The quantitative estimate of drug-likeness (QED) is 0.720. The Bertz CT molecular complexity index is 603. The topological polar surface area (TPSA) is 128 Å². The van der Waals surface area contributed by atoms with Crippen LogP contribution in [0.1, 0.15) is 11.4 Å². The lowest BCUT2D eigenvalue weighted by Crippen LogP contribution is -2.20. The van der Waals surface area contributed by atoms with E-state index in [2.05, 4.69) is 15.0 Å². The molecule has 1 aromatic carbocycles. The van der Waals surface area contributed by atoms with Crippen molar-refractivity contribution < 1.29 is 9.90 Å². The molecule has 0 aliphatic heterocycles. The minimum Gasteiger partial charge on any atom is -0.480 e. The van der Waals surface area contributed by atoms with Crippen LogP contribution in [0.15, 0.2) is 30.3 Å². The lowest BCUT2D eigenvalue weighted by molar-refractivity contribution is -0.136. The van der Waals surface area contributed by atoms with E-state index in [1.807, 2.05) is 30.3 Å². The molecule has 0 aliphatic carbocycles. The fourth-order valence-electron chi connectivity index (χ4n) is 1.74. The molecule has 21 heavy (non-hydrogen) atoms. The van der Waals surface area contributed by atoms with E-state index in [1.165, 1.54) is 11.8 Å². The van der Waals surface area contributed by atoms with E-state index in [0.717, 1.165) is 5.56 Å². The number of hydrogen-bond acceptors (Lipinski definition) is 7. The fourth-order valence-corrected chi connectivity index (χ4v) is 2.67. The summed E-state index contributed by atoms with van der Waals surface area (Å²) in [7, 11) is 0. The van der Waals surface area contributed by atoms with Crippen LogP contribution in [0.4, 0.5) is 11.9 Å². The molecule has 0 aliphatic rings. The number of carboxylic acids is 1. The summed E-state index contributed by atoms with van der Waals surface area (Å²) >= 11 is 1.23. The number of nitrogens with two attached hydrogens (primary N) is 2. The third-order valence-corrected chi connectivity index (χ3v) is 3.86. The number of rotatable bonds is 6. The highest BCUT2D eigenvalue weighted by molar-refractivity contribution is 7.99. The lowest BCUT2D eigenvalue weighted by atomic mass is 10.1. The number of nitrogens with zero attached hydrogens (tertiary/aromatic N) is 3. The second kappa shape index (κ2) is 6.89. The number of aliphatic carboxylic acids is 1. The third-order valence-electron chi connectivity index (χ3n) is 2.67. The Kier molecular flexibility index (Phi) is 4.94. The first-order valence-corrected chi connectivity index (χ1v) is 7.23. The zero-order valence-corrected chi connectivity index (χ0v) is 12.0. The Balaban J connectivity index is 2.02. The number of benzene rings is 1. The molecule has 7 nitrogen and oxygen atoms in total. The van der Waals surface area contributed by atoms with E-state index >= 15 is 0 Å². The predicted molar refractivity (Wildman–Crippen MR) is 81.5 cm³/mol. The van der Waals surface area contributed by atoms with Crippen molar-refractivity contribution >= 4 is 29.6 Å². The number of nitrogen functional groups attached to an aromatic ring is 2. The SMILES string of the molecule is Nc1nc(N)nc(CSC(Cc2ccccc2)C(=O)O)n1. The highest BCUT2D eigenvalue weighted by atomic mass is 32.2. The summed E-state index contributed by atoms with van der Waals surface area (Å²) in [5.41, 5.74) is 11.9. The number of aromatic nitrogens is 3. The van der Waals surface area contributed by atoms with Crippen LogP contribution in [0, 0.1) is 0 Å². The summed E-state index contributed by atoms with van der Waals surface area (Å²) in [5.74, 6) is -0.120. The first-order chi connectivity index (χ1) is 10.0. The van der Waals surface area contributed by atoms with Gasteiger partial charge in [-0.15, -0.1) is 11.8 Å². The number of hydrogen-bond donors (Lipinski definition) is 3. The summed E-state index contributed by atoms with van der Waals surface area (Å²) in [6, 6.07) is 9.45. The first-order valence-electron chi connectivity index (χ1n) is 6.19. The number of carboxylic acid groups (broad SMARTS) is 1. The highest BCUT2D eigenvalue weighted by Gasteiger charge is 2.19. The van der Waals surface area contributed by atoms with E-state index < -0.39 is 11.2 Å². The van der Waals surface area contributed by atoms with Gasteiger partial charge >= 0.3 is 5.97 Å². The van der Waals surface area contributed by atoms with Gasteiger partial charge in [0.25, 0.3) is 0 Å². The zero-order chi connectivity index (χ0) is 15.2. The summed E-state index contributed by atoms with van der Waals surface area (Å²) in [6.07, 6.45) is 0.427. The molecule has 0 fully saturated rings. The van der Waals surface area contributed by atoms with Crippen molar-refractivity contribution in [3.8, 4) is 0 Å². The Morgan fingerprint density at radius 2 is 1.76 bits per heavy atom. The van der Waals surface area contributed by atoms with E-state index in [0.29, 0.717) is 18.0 Å². The monoisotopic (exact) mass is 305 g/mol. The maximum Gasteiger partial charge on any atom is 0.316 e. The van der Waals surface area contributed by atoms with Crippen LogP contribution in [0.2, 0.25) is 0 Å². The second-order valence-electron chi connectivity index (χ2n) is 4.30. The van der Waals surface area contributed by atoms with Gasteiger partial charge in [-0.25, -0.2) is 0 Å². The largest absolute Gasteiger partial charge is 0.480 e. The molecule has 0 saturated carbocycles. The molecule has 2 rings (SSSR count). The van der Waals surface area contributed by atoms with Crippen molar-refractivity contribution in [3.05, 3.63) is 41.7 Å². The van der Waals surface area contributed by atoms with Crippen molar-refractivity contribution in [2.75, 3.05) is 11.5 Å². The molecule has 0 saturated heterocycles. The summed E-state index contributed by atoms with van der Waals surface area (Å²) < 4.78 is 0. The molecular formula is C13H15N5O2S. The maximum absolute atomic E-state index is 11.3. The van der Waals surface area contributed by atoms with Crippen LogP contribution in [-0.4, -0.2) is 31.3 Å². The molecule has 1 heterocycles. The summed E-state index contributed by atoms with van der Waals surface area (Å²) in [4.78, 5) is 22.9. The van der Waals surface area contributed by atoms with Gasteiger partial charge in [-0.3, -0.25) is 4.79 Å². The van der Waals surface area contributed by atoms with Crippen molar-refractivity contribution in [1.82, 2.24) is 15.0 Å². The van der Waals surface area contributed by atoms with Gasteiger partial charge in [0.05, 0.1) is 5.75 Å². The molecule has 2 aromatic rings. The molecule has 5 N–H and O–H groups in total. The van der Waals surface area contributed by atoms with E-state index in [1.54, 1.807) is 0 Å². The molecule has 8 heteroatoms. The molecule has 1 atom stereocenters. The van der Waals surface area contributed by atoms with E-state index in [9.17, 15) is 9.90 Å². The minimum absolute atomic E-state index is 0.0352. The highest BCUT2D eigenvalue weighted by Crippen LogP contribution is 2.20. The van der Waals surface area contributed by atoms with Crippen LogP contribution >= 0.6 is 11.8 Å². The van der Waals surface area contributed by atoms with Crippen molar-refractivity contribution in [3.63, 3.8) is 0 Å². The van der Waals surface area contributed by atoms with Crippen LogP contribution < -0.4 is 11.5 Å². The van der Waals surface area contributed by atoms with Gasteiger partial charge in [-0.1, -0.05) is 30.3 Å². The number of thioether (sulfide) groups is 1. The average molecular weight is 305 g/mol. The van der Waals surface area contributed by atoms with Crippen molar-refractivity contribution in [1.29, 1.82) is 0 Å². The predicted octanol–water partition coefficient (Wildman–Crippen LogP) is 0.965. The molecule has 0 spiro atoms. The van der Waals surface area contributed by atoms with Crippen LogP contribution in [-0.2, 0) is 17.0 Å². The number of anilines is 2. The molecule has 0 radical (unpaired) electrons. The van der Waals surface area contributed by atoms with Gasteiger partial charge in [-0.2, -0.15) is 15.0 Å². The summed E-state index contributed by atoms with van der Waals surface area (Å²) in [6.45, 7) is 0. The van der Waals surface area contributed by atoms with Crippen LogP contribution in [0.25, 0.3) is 0 Å². The minimum atomic E-state index is -0.876. The molecular weight excluding hydrogens is 290 g/mol. The van der Waals surface area contributed by atoms with Gasteiger partial charge < -0.3 is 16.6 Å². The van der Waals surface area contributed by atoms with Crippen LogP contribution in [0.5, 0.6) is 0 Å².